The predicted octanol–water partition coefficient (Wildman–Crippen LogP) is 2.41. The van der Waals surface area contributed by atoms with E-state index in [0.29, 0.717) is 18.7 Å². The molecule has 2 aromatic rings. The quantitative estimate of drug-likeness (QED) is 0.942. The Morgan fingerprint density at radius 1 is 1.43 bits per heavy atom. The lowest BCUT2D eigenvalue weighted by atomic mass is 9.92. The number of carbonyl (C=O) groups excluding carboxylic acids is 1. The third kappa shape index (κ3) is 3.42. The number of amides is 1. The standard InChI is InChI=1S/C17H20FN3O2/c1-23-16-3-2-8-21(17(22)14-10-19-11-20-14)15(16)9-12-4-6-13(18)7-5-12/h4-7,10-11,15-16H,2-3,8-9H2,1H3,(H,19,20)/t15-,16-/m0/s1. The highest BCUT2D eigenvalue weighted by atomic mass is 19.1. The lowest BCUT2D eigenvalue weighted by molar-refractivity contribution is -0.0119. The minimum absolute atomic E-state index is 0.0272. The number of halogens is 1. The van der Waals surface area contributed by atoms with Crippen LogP contribution in [0.15, 0.2) is 36.8 Å². The van der Waals surface area contributed by atoms with Crippen LogP contribution in [0.25, 0.3) is 0 Å². The summed E-state index contributed by atoms with van der Waals surface area (Å²) < 4.78 is 18.7. The molecule has 122 valence electrons. The van der Waals surface area contributed by atoms with Crippen molar-refractivity contribution in [1.29, 1.82) is 0 Å². The molecule has 2 atom stereocenters. The lowest BCUT2D eigenvalue weighted by Gasteiger charge is -2.40. The van der Waals surface area contributed by atoms with E-state index < -0.39 is 0 Å². The van der Waals surface area contributed by atoms with Crippen LogP contribution in [0.1, 0.15) is 28.9 Å². The SMILES string of the molecule is CO[C@H]1CCCN(C(=O)c2cnc[nH]2)[C@H]1Cc1ccc(F)cc1. The van der Waals surface area contributed by atoms with Crippen LogP contribution in [-0.4, -0.2) is 46.6 Å². The van der Waals surface area contributed by atoms with Crippen LogP contribution in [0, 0.1) is 5.82 Å². The highest BCUT2D eigenvalue weighted by molar-refractivity contribution is 5.92. The third-order valence-corrected chi connectivity index (χ3v) is 4.37. The minimum atomic E-state index is -0.258. The molecule has 3 rings (SSSR count). The predicted molar refractivity (Wildman–Crippen MR) is 83.5 cm³/mol. The van der Waals surface area contributed by atoms with Crippen molar-refractivity contribution in [2.24, 2.45) is 0 Å². The number of rotatable bonds is 4. The van der Waals surface area contributed by atoms with Crippen molar-refractivity contribution in [3.63, 3.8) is 0 Å². The molecular weight excluding hydrogens is 297 g/mol. The fraction of sp³-hybridized carbons (Fsp3) is 0.412. The van der Waals surface area contributed by atoms with E-state index in [2.05, 4.69) is 9.97 Å². The summed E-state index contributed by atoms with van der Waals surface area (Å²) in [6.45, 7) is 0.684. The number of methoxy groups -OCH3 is 1. The van der Waals surface area contributed by atoms with Gasteiger partial charge in [-0.05, 0) is 37.0 Å². The molecule has 2 heterocycles. The Morgan fingerprint density at radius 3 is 2.87 bits per heavy atom. The zero-order valence-electron chi connectivity index (χ0n) is 13.0. The topological polar surface area (TPSA) is 58.2 Å². The molecule has 6 heteroatoms. The summed E-state index contributed by atoms with van der Waals surface area (Å²) in [5.74, 6) is -0.331. The maximum atomic E-state index is 13.1. The number of imidazole rings is 1. The van der Waals surface area contributed by atoms with Gasteiger partial charge < -0.3 is 14.6 Å². The Bertz CT molecular complexity index is 642. The fourth-order valence-electron chi connectivity index (χ4n) is 3.18. The molecule has 1 saturated heterocycles. The molecule has 0 aliphatic carbocycles. The number of aromatic amines is 1. The van der Waals surface area contributed by atoms with E-state index in [1.54, 1.807) is 19.2 Å². The summed E-state index contributed by atoms with van der Waals surface area (Å²) in [7, 11) is 1.67. The van der Waals surface area contributed by atoms with Gasteiger partial charge in [-0.15, -0.1) is 0 Å². The first-order chi connectivity index (χ1) is 11.2. The Labute approximate surface area is 134 Å². The van der Waals surface area contributed by atoms with Crippen molar-refractivity contribution < 1.29 is 13.9 Å². The van der Waals surface area contributed by atoms with Gasteiger partial charge in [0.25, 0.3) is 5.91 Å². The zero-order valence-corrected chi connectivity index (χ0v) is 13.0. The number of ether oxygens (including phenoxy) is 1. The van der Waals surface area contributed by atoms with Crippen molar-refractivity contribution in [2.75, 3.05) is 13.7 Å². The maximum Gasteiger partial charge on any atom is 0.272 e. The van der Waals surface area contributed by atoms with Gasteiger partial charge in [0.05, 0.1) is 24.7 Å². The highest BCUT2D eigenvalue weighted by Gasteiger charge is 2.35. The van der Waals surface area contributed by atoms with Crippen LogP contribution in [-0.2, 0) is 11.2 Å². The molecule has 23 heavy (non-hydrogen) atoms. The molecule has 0 unspecified atom stereocenters. The lowest BCUT2D eigenvalue weighted by Crippen LogP contribution is -2.52. The molecule has 5 nitrogen and oxygen atoms in total. The van der Waals surface area contributed by atoms with Gasteiger partial charge in [0.15, 0.2) is 0 Å². The first-order valence-corrected chi connectivity index (χ1v) is 7.75. The van der Waals surface area contributed by atoms with Gasteiger partial charge in [-0.2, -0.15) is 0 Å². The Kier molecular flexibility index (Phi) is 4.71. The molecule has 1 aliphatic rings. The van der Waals surface area contributed by atoms with Gasteiger partial charge in [0.1, 0.15) is 11.5 Å². The molecule has 0 saturated carbocycles. The summed E-state index contributed by atoms with van der Waals surface area (Å²) in [5.41, 5.74) is 1.47. The van der Waals surface area contributed by atoms with Crippen LogP contribution in [0.3, 0.4) is 0 Å². The molecule has 1 aromatic carbocycles. The van der Waals surface area contributed by atoms with Gasteiger partial charge in [-0.3, -0.25) is 4.79 Å². The zero-order chi connectivity index (χ0) is 16.2. The van der Waals surface area contributed by atoms with Crippen molar-refractivity contribution in [1.82, 2.24) is 14.9 Å². The largest absolute Gasteiger partial charge is 0.379 e. The van der Waals surface area contributed by atoms with Crippen LogP contribution < -0.4 is 0 Å². The average Bonchev–Trinajstić information content (AvgIpc) is 3.11. The number of nitrogens with zero attached hydrogens (tertiary/aromatic N) is 2. The number of hydrogen-bond donors (Lipinski definition) is 1. The monoisotopic (exact) mass is 317 g/mol. The summed E-state index contributed by atoms with van der Waals surface area (Å²) in [4.78, 5) is 21.3. The van der Waals surface area contributed by atoms with E-state index in [-0.39, 0.29) is 23.9 Å². The third-order valence-electron chi connectivity index (χ3n) is 4.37. The van der Waals surface area contributed by atoms with Gasteiger partial charge >= 0.3 is 0 Å². The van der Waals surface area contributed by atoms with Gasteiger partial charge in [-0.25, -0.2) is 9.37 Å². The van der Waals surface area contributed by atoms with E-state index in [9.17, 15) is 9.18 Å². The Hall–Kier alpha value is -2.21. The fourth-order valence-corrected chi connectivity index (χ4v) is 3.18. The molecule has 1 aliphatic heterocycles. The molecule has 1 N–H and O–H groups in total. The van der Waals surface area contributed by atoms with Gasteiger partial charge in [0, 0.05) is 13.7 Å². The number of aromatic nitrogens is 2. The van der Waals surface area contributed by atoms with Crippen molar-refractivity contribution >= 4 is 5.91 Å². The van der Waals surface area contributed by atoms with E-state index in [0.717, 1.165) is 18.4 Å². The first-order valence-electron chi connectivity index (χ1n) is 7.75. The van der Waals surface area contributed by atoms with E-state index in [4.69, 9.17) is 4.74 Å². The minimum Gasteiger partial charge on any atom is -0.379 e. The second-order valence-corrected chi connectivity index (χ2v) is 5.78. The van der Waals surface area contributed by atoms with Crippen molar-refractivity contribution in [3.05, 3.63) is 53.9 Å². The summed E-state index contributed by atoms with van der Waals surface area (Å²) in [5, 5.41) is 0. The molecule has 1 amide bonds. The number of H-pyrrole nitrogens is 1. The van der Waals surface area contributed by atoms with Crippen LogP contribution in [0.5, 0.6) is 0 Å². The maximum absolute atomic E-state index is 13.1. The molecule has 0 spiro atoms. The Morgan fingerprint density at radius 2 is 2.22 bits per heavy atom. The highest BCUT2D eigenvalue weighted by Crippen LogP contribution is 2.25. The number of nitrogens with one attached hydrogen (secondary N) is 1. The molecular formula is C17H20FN3O2. The van der Waals surface area contributed by atoms with Crippen LogP contribution in [0.2, 0.25) is 0 Å². The number of carbonyl (C=O) groups is 1. The van der Waals surface area contributed by atoms with E-state index >= 15 is 0 Å². The first kappa shape index (κ1) is 15.7. The van der Waals surface area contributed by atoms with Crippen molar-refractivity contribution in [2.45, 2.75) is 31.4 Å². The van der Waals surface area contributed by atoms with Crippen molar-refractivity contribution in [3.8, 4) is 0 Å². The molecule has 0 radical (unpaired) electrons. The number of piperidine rings is 1. The smallest absolute Gasteiger partial charge is 0.272 e. The average molecular weight is 317 g/mol. The van der Waals surface area contributed by atoms with E-state index in [1.165, 1.54) is 24.7 Å². The number of likely N-dealkylation sites (tertiary alicyclic amines) is 1. The van der Waals surface area contributed by atoms with Gasteiger partial charge in [-0.1, -0.05) is 12.1 Å². The summed E-state index contributed by atoms with van der Waals surface area (Å²) >= 11 is 0. The summed E-state index contributed by atoms with van der Waals surface area (Å²) in [6, 6.07) is 6.34. The summed E-state index contributed by atoms with van der Waals surface area (Å²) in [6.07, 6.45) is 5.46. The molecule has 1 aromatic heterocycles. The number of benzene rings is 1. The van der Waals surface area contributed by atoms with Crippen LogP contribution >= 0.6 is 0 Å². The second kappa shape index (κ2) is 6.91. The van der Waals surface area contributed by atoms with Crippen LogP contribution in [0.4, 0.5) is 4.39 Å². The number of hydrogen-bond acceptors (Lipinski definition) is 3. The second-order valence-electron chi connectivity index (χ2n) is 5.78. The van der Waals surface area contributed by atoms with E-state index in [1.807, 2.05) is 4.90 Å². The Balaban J connectivity index is 1.83. The molecule has 0 bridgehead atoms. The molecule has 1 fully saturated rings. The van der Waals surface area contributed by atoms with Gasteiger partial charge in [0.2, 0.25) is 0 Å². The normalized spacial score (nSPS) is 21.4.